The van der Waals surface area contributed by atoms with Crippen molar-refractivity contribution in [2.45, 2.75) is 32.9 Å². The Balaban J connectivity index is 1.61. The maximum Gasteiger partial charge on any atom is 0.415 e. The maximum absolute atomic E-state index is 12.5. The van der Waals surface area contributed by atoms with E-state index in [1.165, 1.54) is 0 Å². The van der Waals surface area contributed by atoms with Gasteiger partial charge < -0.3 is 15.0 Å². The largest absolute Gasteiger partial charge is 0.447 e. The molecule has 2 N–H and O–H groups in total. The first kappa shape index (κ1) is 20.2. The number of H-pyrrole nitrogens is 1. The van der Waals surface area contributed by atoms with Crippen molar-refractivity contribution in [2.75, 3.05) is 16.8 Å². The fourth-order valence-electron chi connectivity index (χ4n) is 3.53. The van der Waals surface area contributed by atoms with Crippen LogP contribution in [-0.4, -0.2) is 33.7 Å². The van der Waals surface area contributed by atoms with Crippen LogP contribution in [0.3, 0.4) is 0 Å². The number of pyridine rings is 1. The summed E-state index contributed by atoms with van der Waals surface area (Å²) >= 11 is 6.08. The molecule has 1 saturated heterocycles. The molecule has 4 rings (SSSR count). The molecule has 0 aliphatic carbocycles. The summed E-state index contributed by atoms with van der Waals surface area (Å²) < 4.78 is 5.20. The number of amides is 1. The Morgan fingerprint density at radius 1 is 1.23 bits per heavy atom. The zero-order valence-electron chi connectivity index (χ0n) is 16.8. The second-order valence-electron chi connectivity index (χ2n) is 7.65. The van der Waals surface area contributed by atoms with Crippen LogP contribution >= 0.6 is 11.6 Å². The molecule has 2 atom stereocenters. The fraction of sp³-hybridized carbons (Fsp3) is 0.333. The number of halogens is 1. The van der Waals surface area contributed by atoms with Crippen LogP contribution in [0.1, 0.15) is 32.4 Å². The summed E-state index contributed by atoms with van der Waals surface area (Å²) in [6.07, 6.45) is 1.15. The van der Waals surface area contributed by atoms with Gasteiger partial charge in [-0.05, 0) is 43.2 Å². The smallest absolute Gasteiger partial charge is 0.415 e. The van der Waals surface area contributed by atoms with E-state index >= 15 is 0 Å². The number of fused-ring (bicyclic) bond motifs is 1. The normalized spacial score (nSPS) is 17.4. The van der Waals surface area contributed by atoms with Gasteiger partial charge in [-0.3, -0.25) is 9.69 Å². The van der Waals surface area contributed by atoms with Crippen LogP contribution in [-0.2, 0) is 4.74 Å². The minimum atomic E-state index is -0.422. The molecule has 1 aliphatic rings. The van der Waals surface area contributed by atoms with Gasteiger partial charge in [0, 0.05) is 27.7 Å². The molecule has 3 heterocycles. The Morgan fingerprint density at radius 3 is 2.80 bits per heavy atom. The molecule has 156 valence electrons. The van der Waals surface area contributed by atoms with Crippen LogP contribution in [0, 0.1) is 5.92 Å². The van der Waals surface area contributed by atoms with Crippen molar-refractivity contribution in [3.8, 4) is 0 Å². The second kappa shape index (κ2) is 7.95. The van der Waals surface area contributed by atoms with Crippen LogP contribution in [0.25, 0.3) is 10.9 Å². The van der Waals surface area contributed by atoms with Gasteiger partial charge in [-0.1, -0.05) is 25.4 Å². The van der Waals surface area contributed by atoms with Crippen LogP contribution < -0.4 is 15.8 Å². The van der Waals surface area contributed by atoms with Gasteiger partial charge in [0.2, 0.25) is 5.95 Å². The number of rotatable bonds is 5. The van der Waals surface area contributed by atoms with Gasteiger partial charge >= 0.3 is 6.09 Å². The number of cyclic esters (lactones) is 1. The third-order valence-corrected chi connectivity index (χ3v) is 5.45. The number of aromatic amines is 1. The Kier molecular flexibility index (Phi) is 5.34. The molecule has 0 unspecified atom stereocenters. The van der Waals surface area contributed by atoms with E-state index in [-0.39, 0.29) is 23.6 Å². The van der Waals surface area contributed by atoms with E-state index in [2.05, 4.69) is 20.3 Å². The molecule has 30 heavy (non-hydrogen) atoms. The lowest BCUT2D eigenvalue weighted by molar-refractivity contribution is 0.177. The highest BCUT2D eigenvalue weighted by Crippen LogP contribution is 2.27. The van der Waals surface area contributed by atoms with E-state index in [0.29, 0.717) is 34.5 Å². The third kappa shape index (κ3) is 3.82. The maximum atomic E-state index is 12.5. The number of benzene rings is 1. The van der Waals surface area contributed by atoms with Gasteiger partial charge in [0.15, 0.2) is 0 Å². The highest BCUT2D eigenvalue weighted by molar-refractivity contribution is 6.31. The topological polar surface area (TPSA) is 100 Å². The zero-order valence-corrected chi connectivity index (χ0v) is 17.6. The average molecular weight is 428 g/mol. The molecule has 0 bridgehead atoms. The van der Waals surface area contributed by atoms with Gasteiger partial charge in [-0.25, -0.2) is 9.78 Å². The molecular weight excluding hydrogens is 406 g/mol. The van der Waals surface area contributed by atoms with Crippen molar-refractivity contribution < 1.29 is 9.53 Å². The van der Waals surface area contributed by atoms with Crippen LogP contribution in [0.15, 0.2) is 41.3 Å². The summed E-state index contributed by atoms with van der Waals surface area (Å²) in [4.78, 5) is 37.9. The molecule has 8 nitrogen and oxygen atoms in total. The van der Waals surface area contributed by atoms with Crippen molar-refractivity contribution in [3.05, 3.63) is 57.5 Å². The number of ether oxygens (including phenoxy) is 1. The number of nitrogens with one attached hydrogen (secondary N) is 2. The standard InChI is InChI=1S/C21H22ClN5O3/c1-11(2)17-10-30-21(29)27(17)18-6-7-23-20(26-18)24-12(3)15-9-13-8-14(22)4-5-16(13)25-19(15)28/h4-9,11-12,17H,10H2,1-3H3,(H,25,28)(H,23,24,26)/t12-,17-/m1/s1. The summed E-state index contributed by atoms with van der Waals surface area (Å²) in [5.41, 5.74) is 1.04. The van der Waals surface area contributed by atoms with E-state index in [9.17, 15) is 9.59 Å². The number of hydrogen-bond acceptors (Lipinski definition) is 6. The zero-order chi connectivity index (χ0) is 21.4. The Labute approximate surface area is 178 Å². The fourth-order valence-corrected chi connectivity index (χ4v) is 3.71. The molecule has 9 heteroatoms. The monoisotopic (exact) mass is 427 g/mol. The van der Waals surface area contributed by atoms with Crippen LogP contribution in [0.5, 0.6) is 0 Å². The summed E-state index contributed by atoms with van der Waals surface area (Å²) in [7, 11) is 0. The van der Waals surface area contributed by atoms with Gasteiger partial charge in [-0.2, -0.15) is 4.98 Å². The molecule has 1 fully saturated rings. The summed E-state index contributed by atoms with van der Waals surface area (Å²) in [5.74, 6) is 0.984. The molecule has 1 aliphatic heterocycles. The molecule has 1 aromatic carbocycles. The van der Waals surface area contributed by atoms with Gasteiger partial charge in [0.1, 0.15) is 12.4 Å². The lowest BCUT2D eigenvalue weighted by Crippen LogP contribution is -2.37. The van der Waals surface area contributed by atoms with Gasteiger partial charge in [-0.15, -0.1) is 0 Å². The van der Waals surface area contributed by atoms with Crippen molar-refractivity contribution in [3.63, 3.8) is 0 Å². The highest BCUT2D eigenvalue weighted by atomic mass is 35.5. The molecule has 2 aromatic heterocycles. The molecule has 3 aromatic rings. The summed E-state index contributed by atoms with van der Waals surface area (Å²) in [6.45, 7) is 6.23. The highest BCUT2D eigenvalue weighted by Gasteiger charge is 2.37. The number of carbonyl (C=O) groups excluding carboxylic acids is 1. The number of aromatic nitrogens is 3. The number of carbonyl (C=O) groups is 1. The Bertz CT molecular complexity index is 1160. The number of hydrogen-bond donors (Lipinski definition) is 2. The molecular formula is C21H22ClN5O3. The van der Waals surface area contributed by atoms with E-state index in [1.54, 1.807) is 41.4 Å². The lowest BCUT2D eigenvalue weighted by Gasteiger charge is -2.23. The first-order chi connectivity index (χ1) is 14.3. The second-order valence-corrected chi connectivity index (χ2v) is 8.08. The van der Waals surface area contributed by atoms with Crippen molar-refractivity contribution in [1.29, 1.82) is 0 Å². The van der Waals surface area contributed by atoms with Gasteiger partial charge in [0.05, 0.1) is 12.1 Å². The Hall–Kier alpha value is -3.13. The minimum Gasteiger partial charge on any atom is -0.447 e. The van der Waals surface area contributed by atoms with E-state index in [0.717, 1.165) is 5.39 Å². The first-order valence-corrected chi connectivity index (χ1v) is 10.1. The molecule has 1 amide bonds. The van der Waals surface area contributed by atoms with Gasteiger partial charge in [0.25, 0.3) is 5.56 Å². The predicted octanol–water partition coefficient (Wildman–Crippen LogP) is 4.13. The average Bonchev–Trinajstić information content (AvgIpc) is 3.09. The quantitative estimate of drug-likeness (QED) is 0.635. The lowest BCUT2D eigenvalue weighted by atomic mass is 10.0. The predicted molar refractivity (Wildman–Crippen MR) is 116 cm³/mol. The summed E-state index contributed by atoms with van der Waals surface area (Å²) in [6, 6.07) is 8.30. The number of nitrogens with zero attached hydrogens (tertiary/aromatic N) is 3. The summed E-state index contributed by atoms with van der Waals surface area (Å²) in [5, 5.41) is 4.57. The first-order valence-electron chi connectivity index (χ1n) is 9.71. The Morgan fingerprint density at radius 2 is 2.03 bits per heavy atom. The van der Waals surface area contributed by atoms with E-state index in [4.69, 9.17) is 16.3 Å². The third-order valence-electron chi connectivity index (χ3n) is 5.21. The SMILES string of the molecule is CC(C)[C@H]1COC(=O)N1c1ccnc(N[C@H](C)c2cc3cc(Cl)ccc3[nH]c2=O)n1. The van der Waals surface area contributed by atoms with E-state index < -0.39 is 6.09 Å². The van der Waals surface area contributed by atoms with Crippen LogP contribution in [0.2, 0.25) is 5.02 Å². The number of anilines is 2. The van der Waals surface area contributed by atoms with Crippen LogP contribution in [0.4, 0.5) is 16.6 Å². The van der Waals surface area contributed by atoms with Crippen molar-refractivity contribution in [2.24, 2.45) is 5.92 Å². The molecule has 0 saturated carbocycles. The molecule has 0 spiro atoms. The minimum absolute atomic E-state index is 0.0919. The van der Waals surface area contributed by atoms with E-state index in [1.807, 2.05) is 20.8 Å². The molecule has 0 radical (unpaired) electrons. The van der Waals surface area contributed by atoms with Crippen molar-refractivity contribution in [1.82, 2.24) is 15.0 Å². The van der Waals surface area contributed by atoms with Crippen molar-refractivity contribution >= 4 is 40.4 Å².